The Morgan fingerprint density at radius 1 is 1.21 bits per heavy atom. The van der Waals surface area contributed by atoms with Crippen LogP contribution in [0.25, 0.3) is 10.8 Å². The van der Waals surface area contributed by atoms with Crippen molar-refractivity contribution in [2.24, 2.45) is 0 Å². The Bertz CT molecular complexity index is 482. The minimum Gasteiger partial charge on any atom is -0.497 e. The Morgan fingerprint density at radius 2 is 2.00 bits per heavy atom. The molecule has 0 amide bonds. The lowest BCUT2D eigenvalue weighted by atomic mass is 10.1. The summed E-state index contributed by atoms with van der Waals surface area (Å²) >= 11 is 0. The highest BCUT2D eigenvalue weighted by atomic mass is 19.1. The number of benzene rings is 2. The number of nitrogens with two attached hydrogens (primary N) is 1. The first-order chi connectivity index (χ1) is 6.70. The summed E-state index contributed by atoms with van der Waals surface area (Å²) in [6.07, 6.45) is 0. The van der Waals surface area contributed by atoms with E-state index in [0.717, 1.165) is 5.39 Å². The molecule has 0 spiro atoms. The summed E-state index contributed by atoms with van der Waals surface area (Å²) in [6.45, 7) is 0. The summed E-state index contributed by atoms with van der Waals surface area (Å²) in [7, 11) is 1.55. The maximum absolute atomic E-state index is 13.4. The van der Waals surface area contributed by atoms with Crippen LogP contribution in [0.3, 0.4) is 0 Å². The minimum absolute atomic E-state index is 0.320. The van der Waals surface area contributed by atoms with Crippen molar-refractivity contribution in [2.75, 3.05) is 12.8 Å². The first-order valence-corrected chi connectivity index (χ1v) is 4.23. The van der Waals surface area contributed by atoms with Gasteiger partial charge >= 0.3 is 0 Å². The molecule has 0 saturated heterocycles. The first-order valence-electron chi connectivity index (χ1n) is 4.23. The molecule has 0 aliphatic carbocycles. The molecule has 0 saturated carbocycles. The van der Waals surface area contributed by atoms with Crippen molar-refractivity contribution in [3.8, 4) is 5.75 Å². The van der Waals surface area contributed by atoms with Gasteiger partial charge in [0.1, 0.15) is 11.6 Å². The van der Waals surface area contributed by atoms with Crippen molar-refractivity contribution >= 4 is 16.5 Å². The Hall–Kier alpha value is -1.77. The third-order valence-corrected chi connectivity index (χ3v) is 2.13. The maximum Gasteiger partial charge on any atom is 0.133 e. The fourth-order valence-corrected chi connectivity index (χ4v) is 1.44. The van der Waals surface area contributed by atoms with Crippen LogP contribution in [0.4, 0.5) is 10.1 Å². The molecule has 0 aromatic heterocycles. The number of nitrogen functional groups attached to an aromatic ring is 1. The SMILES string of the molecule is COc1ccc2cc(N)cc(F)c2c1. The fraction of sp³-hybridized carbons (Fsp3) is 0.0909. The number of methoxy groups -OCH3 is 1. The van der Waals surface area contributed by atoms with Crippen LogP contribution in [0.5, 0.6) is 5.75 Å². The first kappa shape index (κ1) is 8.81. The van der Waals surface area contributed by atoms with E-state index >= 15 is 0 Å². The zero-order valence-electron chi connectivity index (χ0n) is 7.75. The van der Waals surface area contributed by atoms with Crippen LogP contribution in [-0.4, -0.2) is 7.11 Å². The van der Waals surface area contributed by atoms with Gasteiger partial charge in [0, 0.05) is 11.1 Å². The third kappa shape index (κ3) is 1.37. The molecule has 2 rings (SSSR count). The average molecular weight is 191 g/mol. The largest absolute Gasteiger partial charge is 0.497 e. The van der Waals surface area contributed by atoms with Crippen LogP contribution in [0.1, 0.15) is 0 Å². The molecule has 0 atom stereocenters. The summed E-state index contributed by atoms with van der Waals surface area (Å²) in [4.78, 5) is 0. The van der Waals surface area contributed by atoms with Crippen molar-refractivity contribution in [3.05, 3.63) is 36.1 Å². The Balaban J connectivity index is 2.75. The zero-order valence-corrected chi connectivity index (χ0v) is 7.75. The molecule has 0 heterocycles. The van der Waals surface area contributed by atoms with Gasteiger partial charge in [0.2, 0.25) is 0 Å². The van der Waals surface area contributed by atoms with E-state index in [1.165, 1.54) is 6.07 Å². The molecule has 0 fully saturated rings. The van der Waals surface area contributed by atoms with E-state index in [2.05, 4.69) is 0 Å². The number of halogens is 1. The number of ether oxygens (including phenoxy) is 1. The Kier molecular flexibility index (Phi) is 2.00. The molecule has 2 aromatic rings. The van der Waals surface area contributed by atoms with Gasteiger partial charge in [-0.25, -0.2) is 4.39 Å². The number of fused-ring (bicyclic) bond motifs is 1. The normalized spacial score (nSPS) is 10.4. The lowest BCUT2D eigenvalue weighted by molar-refractivity contribution is 0.415. The summed E-state index contributed by atoms with van der Waals surface area (Å²) < 4.78 is 18.4. The van der Waals surface area contributed by atoms with Gasteiger partial charge in [0.15, 0.2) is 0 Å². The van der Waals surface area contributed by atoms with Gasteiger partial charge in [-0.1, -0.05) is 6.07 Å². The predicted octanol–water partition coefficient (Wildman–Crippen LogP) is 2.57. The number of anilines is 1. The molecule has 0 bridgehead atoms. The number of hydrogen-bond acceptors (Lipinski definition) is 2. The average Bonchev–Trinajstić information content (AvgIpc) is 2.17. The summed E-state index contributed by atoms with van der Waals surface area (Å²) in [5.41, 5.74) is 5.95. The van der Waals surface area contributed by atoms with Crippen LogP contribution in [0, 0.1) is 5.82 Å². The second kappa shape index (κ2) is 3.18. The molecule has 2 aromatic carbocycles. The molecule has 0 unspecified atom stereocenters. The van der Waals surface area contributed by atoms with Crippen molar-refractivity contribution in [2.45, 2.75) is 0 Å². The maximum atomic E-state index is 13.4. The second-order valence-corrected chi connectivity index (χ2v) is 3.09. The van der Waals surface area contributed by atoms with E-state index in [4.69, 9.17) is 10.5 Å². The van der Waals surface area contributed by atoms with Crippen LogP contribution < -0.4 is 10.5 Å². The van der Waals surface area contributed by atoms with Crippen LogP contribution in [0.15, 0.2) is 30.3 Å². The van der Waals surface area contributed by atoms with Gasteiger partial charge in [0.05, 0.1) is 7.11 Å². The number of rotatable bonds is 1. The lowest BCUT2D eigenvalue weighted by Gasteiger charge is -2.04. The highest BCUT2D eigenvalue weighted by Crippen LogP contribution is 2.25. The van der Waals surface area contributed by atoms with E-state index < -0.39 is 0 Å². The summed E-state index contributed by atoms with van der Waals surface area (Å²) in [6, 6.07) is 8.26. The highest BCUT2D eigenvalue weighted by molar-refractivity contribution is 5.87. The van der Waals surface area contributed by atoms with Crippen molar-refractivity contribution < 1.29 is 9.13 Å². The predicted molar refractivity (Wildman–Crippen MR) is 54.9 cm³/mol. The molecular formula is C11H10FNO. The van der Waals surface area contributed by atoms with Crippen molar-refractivity contribution in [1.29, 1.82) is 0 Å². The second-order valence-electron chi connectivity index (χ2n) is 3.09. The van der Waals surface area contributed by atoms with E-state index in [9.17, 15) is 4.39 Å². The van der Waals surface area contributed by atoms with E-state index in [1.807, 2.05) is 0 Å². The lowest BCUT2D eigenvalue weighted by Crippen LogP contribution is -1.89. The van der Waals surface area contributed by atoms with Gasteiger partial charge in [-0.3, -0.25) is 0 Å². The topological polar surface area (TPSA) is 35.2 Å². The monoisotopic (exact) mass is 191 g/mol. The fourth-order valence-electron chi connectivity index (χ4n) is 1.44. The molecule has 72 valence electrons. The van der Waals surface area contributed by atoms with Crippen molar-refractivity contribution in [1.82, 2.24) is 0 Å². The van der Waals surface area contributed by atoms with E-state index in [0.29, 0.717) is 16.8 Å². The zero-order chi connectivity index (χ0) is 10.1. The van der Waals surface area contributed by atoms with Gasteiger partial charge in [-0.05, 0) is 29.7 Å². The van der Waals surface area contributed by atoms with Crippen LogP contribution in [0.2, 0.25) is 0 Å². The van der Waals surface area contributed by atoms with E-state index in [-0.39, 0.29) is 5.82 Å². The molecule has 14 heavy (non-hydrogen) atoms. The highest BCUT2D eigenvalue weighted by Gasteiger charge is 2.03. The molecule has 0 radical (unpaired) electrons. The Labute approximate surface area is 81.1 Å². The van der Waals surface area contributed by atoms with Crippen LogP contribution in [-0.2, 0) is 0 Å². The molecule has 0 aliphatic rings. The number of hydrogen-bond donors (Lipinski definition) is 1. The van der Waals surface area contributed by atoms with Gasteiger partial charge in [0.25, 0.3) is 0 Å². The summed E-state index contributed by atoms with van der Waals surface area (Å²) in [5, 5.41) is 1.31. The Morgan fingerprint density at radius 3 is 2.71 bits per heavy atom. The molecule has 2 N–H and O–H groups in total. The van der Waals surface area contributed by atoms with Crippen molar-refractivity contribution in [3.63, 3.8) is 0 Å². The standard InChI is InChI=1S/C11H10FNO/c1-14-9-3-2-7-4-8(13)5-11(12)10(7)6-9/h2-6H,13H2,1H3. The molecule has 3 heteroatoms. The van der Waals surface area contributed by atoms with E-state index in [1.54, 1.807) is 31.4 Å². The van der Waals surface area contributed by atoms with Gasteiger partial charge < -0.3 is 10.5 Å². The molecule has 0 aliphatic heterocycles. The third-order valence-electron chi connectivity index (χ3n) is 2.13. The molecular weight excluding hydrogens is 181 g/mol. The van der Waals surface area contributed by atoms with Gasteiger partial charge in [-0.15, -0.1) is 0 Å². The van der Waals surface area contributed by atoms with Crippen LogP contribution >= 0.6 is 0 Å². The minimum atomic E-state index is -0.320. The quantitative estimate of drug-likeness (QED) is 0.703. The van der Waals surface area contributed by atoms with Gasteiger partial charge in [-0.2, -0.15) is 0 Å². The summed E-state index contributed by atoms with van der Waals surface area (Å²) in [5.74, 6) is 0.320. The molecule has 2 nitrogen and oxygen atoms in total. The smallest absolute Gasteiger partial charge is 0.133 e.